The number of carbonyl (C=O) groups excluding carboxylic acids is 2. The molecule has 1 heterocycles. The Hall–Kier alpha value is -1.26. The zero-order valence-electron chi connectivity index (χ0n) is 14.9. The maximum absolute atomic E-state index is 12.5. The summed E-state index contributed by atoms with van der Waals surface area (Å²) < 4.78 is 0. The monoisotopic (exact) mass is 311 g/mol. The van der Waals surface area contributed by atoms with Gasteiger partial charge in [0.25, 0.3) is 0 Å². The van der Waals surface area contributed by atoms with Gasteiger partial charge in [-0.15, -0.1) is 0 Å². The van der Waals surface area contributed by atoms with Gasteiger partial charge in [0.2, 0.25) is 5.91 Å². The van der Waals surface area contributed by atoms with Crippen LogP contribution in [-0.2, 0) is 4.79 Å². The minimum Gasteiger partial charge on any atom is -0.336 e. The molecule has 1 aliphatic heterocycles. The van der Waals surface area contributed by atoms with Crippen molar-refractivity contribution in [2.75, 3.05) is 19.6 Å². The predicted octanol–water partition coefficient (Wildman–Crippen LogP) is 3.00. The summed E-state index contributed by atoms with van der Waals surface area (Å²) >= 11 is 0. The van der Waals surface area contributed by atoms with Gasteiger partial charge in [0.1, 0.15) is 0 Å². The molecule has 0 aromatic carbocycles. The van der Waals surface area contributed by atoms with E-state index in [4.69, 9.17) is 0 Å². The fourth-order valence-corrected chi connectivity index (χ4v) is 2.73. The highest BCUT2D eigenvalue weighted by atomic mass is 16.2. The topological polar surface area (TPSA) is 52.7 Å². The van der Waals surface area contributed by atoms with Gasteiger partial charge in [0.05, 0.1) is 6.04 Å². The van der Waals surface area contributed by atoms with Gasteiger partial charge < -0.3 is 15.1 Å². The van der Waals surface area contributed by atoms with Gasteiger partial charge in [-0.3, -0.25) is 4.79 Å². The van der Waals surface area contributed by atoms with Crippen LogP contribution >= 0.6 is 0 Å². The number of nitrogens with zero attached hydrogens (tertiary/aromatic N) is 2. The van der Waals surface area contributed by atoms with E-state index >= 15 is 0 Å². The Morgan fingerprint density at radius 3 is 2.18 bits per heavy atom. The van der Waals surface area contributed by atoms with Crippen LogP contribution in [0.3, 0.4) is 0 Å². The first-order chi connectivity index (χ1) is 10.3. The second kappa shape index (κ2) is 8.39. The lowest BCUT2D eigenvalue weighted by Crippen LogP contribution is -2.48. The summed E-state index contributed by atoms with van der Waals surface area (Å²) in [6.45, 7) is 12.6. The van der Waals surface area contributed by atoms with Crippen molar-refractivity contribution in [2.45, 2.75) is 78.3 Å². The molecule has 1 N–H and O–H groups in total. The van der Waals surface area contributed by atoms with Gasteiger partial charge in [-0.2, -0.15) is 0 Å². The summed E-state index contributed by atoms with van der Waals surface area (Å²) in [6, 6.07) is -0.0829. The molecule has 1 aliphatic rings. The summed E-state index contributed by atoms with van der Waals surface area (Å²) in [4.78, 5) is 28.3. The van der Waals surface area contributed by atoms with Gasteiger partial charge in [0, 0.05) is 31.6 Å². The number of amides is 3. The van der Waals surface area contributed by atoms with Crippen LogP contribution in [-0.4, -0.2) is 53.0 Å². The number of nitrogens with one attached hydrogen (secondary N) is 1. The van der Waals surface area contributed by atoms with Crippen LogP contribution in [0.5, 0.6) is 0 Å². The average Bonchev–Trinajstić information content (AvgIpc) is 2.79. The summed E-state index contributed by atoms with van der Waals surface area (Å²) in [5, 5.41) is 3.05. The highest BCUT2D eigenvalue weighted by Gasteiger charge is 2.37. The molecule has 22 heavy (non-hydrogen) atoms. The Labute approximate surface area is 135 Å². The first kappa shape index (κ1) is 18.8. The third-order valence-electron chi connectivity index (χ3n) is 4.11. The number of urea groups is 1. The molecule has 0 saturated carbocycles. The normalized spacial score (nSPS) is 18.7. The molecule has 5 heteroatoms. The average molecular weight is 311 g/mol. The molecule has 0 aromatic rings. The van der Waals surface area contributed by atoms with E-state index in [1.54, 1.807) is 0 Å². The molecule has 1 atom stereocenters. The van der Waals surface area contributed by atoms with Crippen LogP contribution in [0.25, 0.3) is 0 Å². The molecular weight excluding hydrogens is 278 g/mol. The minimum atomic E-state index is -0.180. The van der Waals surface area contributed by atoms with Crippen LogP contribution in [0.2, 0.25) is 0 Å². The summed E-state index contributed by atoms with van der Waals surface area (Å²) in [5.41, 5.74) is -0.180. The van der Waals surface area contributed by atoms with E-state index in [2.05, 4.69) is 19.2 Å². The van der Waals surface area contributed by atoms with Crippen LogP contribution in [0.15, 0.2) is 0 Å². The zero-order chi connectivity index (χ0) is 16.8. The first-order valence-corrected chi connectivity index (χ1v) is 8.65. The standard InChI is InChI=1S/C17H33N3O2/c1-6-8-10-19(11-9-7-2)16(22)18-14-12-15(21)20(13-14)17(3,4)5/h14H,6-13H2,1-5H3,(H,18,22). The SMILES string of the molecule is CCCCN(CCCC)C(=O)NC1CC(=O)N(C(C)(C)C)C1. The van der Waals surface area contributed by atoms with Crippen molar-refractivity contribution in [1.82, 2.24) is 15.1 Å². The quantitative estimate of drug-likeness (QED) is 0.786. The molecular formula is C17H33N3O2. The largest absolute Gasteiger partial charge is 0.336 e. The van der Waals surface area contributed by atoms with Gasteiger partial charge in [-0.25, -0.2) is 4.79 Å². The second-order valence-corrected chi connectivity index (χ2v) is 7.22. The first-order valence-electron chi connectivity index (χ1n) is 8.65. The maximum atomic E-state index is 12.5. The van der Waals surface area contributed by atoms with Crippen LogP contribution in [0.4, 0.5) is 4.79 Å². The Morgan fingerprint density at radius 2 is 1.77 bits per heavy atom. The second-order valence-electron chi connectivity index (χ2n) is 7.22. The van der Waals surface area contributed by atoms with E-state index in [-0.39, 0.29) is 23.5 Å². The van der Waals surface area contributed by atoms with E-state index in [9.17, 15) is 9.59 Å². The third-order valence-corrected chi connectivity index (χ3v) is 4.11. The van der Waals surface area contributed by atoms with E-state index < -0.39 is 0 Å². The van der Waals surface area contributed by atoms with Crippen molar-refractivity contribution < 1.29 is 9.59 Å². The van der Waals surface area contributed by atoms with Crippen LogP contribution in [0, 0.1) is 0 Å². The summed E-state index contributed by atoms with van der Waals surface area (Å²) in [6.07, 6.45) is 4.62. The number of likely N-dealkylation sites (tertiary alicyclic amines) is 1. The van der Waals surface area contributed by atoms with Crippen molar-refractivity contribution >= 4 is 11.9 Å². The van der Waals surface area contributed by atoms with E-state index in [0.29, 0.717) is 13.0 Å². The van der Waals surface area contributed by atoms with Crippen LogP contribution < -0.4 is 5.32 Å². The van der Waals surface area contributed by atoms with Gasteiger partial charge in [-0.1, -0.05) is 26.7 Å². The molecule has 0 radical (unpaired) electrons. The van der Waals surface area contributed by atoms with E-state index in [1.165, 1.54) is 0 Å². The predicted molar refractivity (Wildman–Crippen MR) is 89.8 cm³/mol. The lowest BCUT2D eigenvalue weighted by Gasteiger charge is -2.32. The fraction of sp³-hybridized carbons (Fsp3) is 0.882. The van der Waals surface area contributed by atoms with Crippen molar-refractivity contribution in [1.29, 1.82) is 0 Å². The van der Waals surface area contributed by atoms with Crippen LogP contribution in [0.1, 0.15) is 66.7 Å². The number of rotatable bonds is 7. The Balaban J connectivity index is 2.56. The zero-order valence-corrected chi connectivity index (χ0v) is 14.9. The number of carbonyl (C=O) groups is 2. The minimum absolute atomic E-state index is 0.0181. The van der Waals surface area contributed by atoms with Crippen molar-refractivity contribution in [3.8, 4) is 0 Å². The van der Waals surface area contributed by atoms with Crippen molar-refractivity contribution in [3.63, 3.8) is 0 Å². The van der Waals surface area contributed by atoms with Gasteiger partial charge >= 0.3 is 6.03 Å². The highest BCUT2D eigenvalue weighted by molar-refractivity contribution is 5.82. The third kappa shape index (κ3) is 5.50. The number of hydrogen-bond donors (Lipinski definition) is 1. The molecule has 0 aliphatic carbocycles. The lowest BCUT2D eigenvalue weighted by molar-refractivity contribution is -0.131. The van der Waals surface area contributed by atoms with Crippen molar-refractivity contribution in [2.24, 2.45) is 0 Å². The summed E-state index contributed by atoms with van der Waals surface area (Å²) in [5.74, 6) is 0.131. The summed E-state index contributed by atoms with van der Waals surface area (Å²) in [7, 11) is 0. The smallest absolute Gasteiger partial charge is 0.317 e. The van der Waals surface area contributed by atoms with Gasteiger partial charge in [0.15, 0.2) is 0 Å². The Morgan fingerprint density at radius 1 is 1.23 bits per heavy atom. The Kier molecular flexibility index (Phi) is 7.17. The van der Waals surface area contributed by atoms with E-state index in [1.807, 2.05) is 30.6 Å². The molecule has 1 rings (SSSR count). The van der Waals surface area contributed by atoms with Gasteiger partial charge in [-0.05, 0) is 33.6 Å². The maximum Gasteiger partial charge on any atom is 0.317 e. The Bertz CT molecular complexity index is 369. The molecule has 0 spiro atoms. The molecule has 0 aromatic heterocycles. The molecule has 5 nitrogen and oxygen atoms in total. The molecule has 3 amide bonds. The van der Waals surface area contributed by atoms with E-state index in [0.717, 1.165) is 38.8 Å². The molecule has 128 valence electrons. The van der Waals surface area contributed by atoms with Crippen molar-refractivity contribution in [3.05, 3.63) is 0 Å². The lowest BCUT2D eigenvalue weighted by atomic mass is 10.1. The molecule has 1 unspecified atom stereocenters. The molecule has 1 fully saturated rings. The number of unbranched alkanes of at least 4 members (excludes halogenated alkanes) is 2. The highest BCUT2D eigenvalue weighted by Crippen LogP contribution is 2.22. The molecule has 1 saturated heterocycles. The fourth-order valence-electron chi connectivity index (χ4n) is 2.73. The number of hydrogen-bond acceptors (Lipinski definition) is 2. The molecule has 0 bridgehead atoms.